The average Bonchev–Trinajstić information content (AvgIpc) is 2.94. The zero-order valence-corrected chi connectivity index (χ0v) is 15.7. The summed E-state index contributed by atoms with van der Waals surface area (Å²) in [7, 11) is 0. The van der Waals surface area contributed by atoms with E-state index in [1.54, 1.807) is 4.90 Å². The van der Waals surface area contributed by atoms with Crippen molar-refractivity contribution in [2.75, 3.05) is 23.3 Å². The minimum absolute atomic E-state index is 0. The van der Waals surface area contributed by atoms with Gasteiger partial charge in [0.2, 0.25) is 5.91 Å². The molecule has 1 aromatic rings. The molecular weight excluding hydrogens is 352 g/mol. The van der Waals surface area contributed by atoms with Crippen LogP contribution in [0.3, 0.4) is 0 Å². The molecule has 26 heavy (non-hydrogen) atoms. The summed E-state index contributed by atoms with van der Waals surface area (Å²) in [5, 5.41) is 9.48. The van der Waals surface area contributed by atoms with Gasteiger partial charge in [0, 0.05) is 43.0 Å². The number of piperidine rings is 1. The minimum atomic E-state index is -0.0695. The Bertz CT molecular complexity index is 657. The zero-order chi connectivity index (χ0) is 17.2. The van der Waals surface area contributed by atoms with Gasteiger partial charge >= 0.3 is 6.03 Å². The van der Waals surface area contributed by atoms with Crippen LogP contribution in [0.15, 0.2) is 24.3 Å². The Labute approximate surface area is 160 Å². The van der Waals surface area contributed by atoms with Gasteiger partial charge in [0.25, 0.3) is 0 Å². The maximum absolute atomic E-state index is 12.4. The number of hydrogen-bond donors (Lipinski definition) is 3. The Morgan fingerprint density at radius 3 is 2.73 bits per heavy atom. The lowest BCUT2D eigenvalue weighted by atomic mass is 9.89. The van der Waals surface area contributed by atoms with Gasteiger partial charge in [-0.25, -0.2) is 4.79 Å². The van der Waals surface area contributed by atoms with Crippen LogP contribution in [0.25, 0.3) is 0 Å². The predicted octanol–water partition coefficient (Wildman–Crippen LogP) is 2.89. The fourth-order valence-electron chi connectivity index (χ4n) is 4.44. The van der Waals surface area contributed by atoms with Crippen molar-refractivity contribution in [2.24, 2.45) is 5.92 Å². The molecule has 3 aliphatic heterocycles. The van der Waals surface area contributed by atoms with Gasteiger partial charge in [-0.05, 0) is 56.2 Å². The average molecular weight is 379 g/mol. The molecule has 3 amide bonds. The summed E-state index contributed by atoms with van der Waals surface area (Å²) in [5.41, 5.74) is 1.59. The SMILES string of the molecule is Cl.O=C(CC1CC2CCC(C1)N2)Nc1cccc(N2CCCNC2=O)c1. The lowest BCUT2D eigenvalue weighted by Crippen LogP contribution is -2.46. The molecule has 142 valence electrons. The number of rotatable bonds is 4. The second-order valence-corrected chi connectivity index (χ2v) is 7.52. The lowest BCUT2D eigenvalue weighted by Gasteiger charge is -2.29. The molecule has 0 saturated carbocycles. The first kappa shape index (κ1) is 19.0. The van der Waals surface area contributed by atoms with Crippen LogP contribution in [0.1, 0.15) is 38.5 Å². The molecule has 3 saturated heterocycles. The van der Waals surface area contributed by atoms with Crippen LogP contribution in [0.2, 0.25) is 0 Å². The molecule has 2 unspecified atom stereocenters. The molecule has 4 rings (SSSR count). The Morgan fingerprint density at radius 2 is 2.00 bits per heavy atom. The van der Waals surface area contributed by atoms with E-state index in [-0.39, 0.29) is 24.3 Å². The van der Waals surface area contributed by atoms with Crippen LogP contribution in [-0.4, -0.2) is 37.1 Å². The number of anilines is 2. The van der Waals surface area contributed by atoms with Crippen LogP contribution in [0.4, 0.5) is 16.2 Å². The summed E-state index contributed by atoms with van der Waals surface area (Å²) in [6.45, 7) is 1.44. The molecule has 3 aliphatic rings. The zero-order valence-electron chi connectivity index (χ0n) is 14.9. The molecule has 1 aromatic carbocycles. The lowest BCUT2D eigenvalue weighted by molar-refractivity contribution is -0.117. The van der Waals surface area contributed by atoms with Crippen LogP contribution >= 0.6 is 12.4 Å². The molecule has 0 radical (unpaired) electrons. The van der Waals surface area contributed by atoms with Crippen LogP contribution < -0.4 is 20.9 Å². The fourth-order valence-corrected chi connectivity index (χ4v) is 4.44. The van der Waals surface area contributed by atoms with E-state index in [1.165, 1.54) is 12.8 Å². The normalized spacial score (nSPS) is 27.5. The smallest absolute Gasteiger partial charge is 0.321 e. The molecule has 3 heterocycles. The number of urea groups is 1. The number of fused-ring (bicyclic) bond motifs is 2. The molecule has 7 heteroatoms. The van der Waals surface area contributed by atoms with Crippen molar-refractivity contribution in [1.82, 2.24) is 10.6 Å². The van der Waals surface area contributed by atoms with E-state index >= 15 is 0 Å². The highest BCUT2D eigenvalue weighted by atomic mass is 35.5. The van der Waals surface area contributed by atoms with Gasteiger partial charge in [-0.1, -0.05) is 6.07 Å². The van der Waals surface area contributed by atoms with Gasteiger partial charge in [0.15, 0.2) is 0 Å². The van der Waals surface area contributed by atoms with Crippen molar-refractivity contribution < 1.29 is 9.59 Å². The second-order valence-electron chi connectivity index (χ2n) is 7.52. The number of carbonyl (C=O) groups is 2. The van der Waals surface area contributed by atoms with Gasteiger partial charge in [-0.3, -0.25) is 9.69 Å². The third-order valence-corrected chi connectivity index (χ3v) is 5.57. The quantitative estimate of drug-likeness (QED) is 0.754. The number of halogens is 1. The first-order valence-electron chi connectivity index (χ1n) is 9.39. The maximum atomic E-state index is 12.4. The molecule has 3 N–H and O–H groups in total. The van der Waals surface area contributed by atoms with Gasteiger partial charge in [0.05, 0.1) is 0 Å². The van der Waals surface area contributed by atoms with E-state index in [1.807, 2.05) is 24.3 Å². The molecule has 0 aromatic heterocycles. The Kier molecular flexibility index (Phi) is 6.04. The molecule has 0 spiro atoms. The Hall–Kier alpha value is -1.79. The van der Waals surface area contributed by atoms with Crippen molar-refractivity contribution in [2.45, 2.75) is 50.6 Å². The predicted molar refractivity (Wildman–Crippen MR) is 105 cm³/mol. The number of carbonyl (C=O) groups excluding carboxylic acids is 2. The molecular formula is C19H27ClN4O2. The van der Waals surface area contributed by atoms with Crippen molar-refractivity contribution >= 4 is 35.7 Å². The molecule has 2 atom stereocenters. The van der Waals surface area contributed by atoms with E-state index in [2.05, 4.69) is 16.0 Å². The summed E-state index contributed by atoms with van der Waals surface area (Å²) in [5.74, 6) is 0.557. The van der Waals surface area contributed by atoms with Crippen molar-refractivity contribution in [3.8, 4) is 0 Å². The number of amides is 3. The summed E-state index contributed by atoms with van der Waals surface area (Å²) in [6, 6.07) is 8.71. The first-order chi connectivity index (χ1) is 12.2. The second kappa shape index (κ2) is 8.27. The van der Waals surface area contributed by atoms with E-state index in [0.717, 1.165) is 37.2 Å². The summed E-state index contributed by atoms with van der Waals surface area (Å²) >= 11 is 0. The van der Waals surface area contributed by atoms with E-state index < -0.39 is 0 Å². The number of benzene rings is 1. The van der Waals surface area contributed by atoms with E-state index in [9.17, 15) is 9.59 Å². The summed E-state index contributed by atoms with van der Waals surface area (Å²) < 4.78 is 0. The fraction of sp³-hybridized carbons (Fsp3) is 0.579. The summed E-state index contributed by atoms with van der Waals surface area (Å²) in [6.07, 6.45) is 6.24. The van der Waals surface area contributed by atoms with Crippen LogP contribution in [0.5, 0.6) is 0 Å². The number of hydrogen-bond acceptors (Lipinski definition) is 3. The third kappa shape index (κ3) is 4.30. The van der Waals surface area contributed by atoms with Crippen molar-refractivity contribution in [1.29, 1.82) is 0 Å². The van der Waals surface area contributed by atoms with E-state index in [0.29, 0.717) is 31.0 Å². The largest absolute Gasteiger partial charge is 0.338 e. The summed E-state index contributed by atoms with van der Waals surface area (Å²) in [4.78, 5) is 26.1. The third-order valence-electron chi connectivity index (χ3n) is 5.57. The monoisotopic (exact) mass is 378 g/mol. The van der Waals surface area contributed by atoms with Crippen molar-refractivity contribution in [3.63, 3.8) is 0 Å². The highest BCUT2D eigenvalue weighted by molar-refractivity contribution is 5.95. The van der Waals surface area contributed by atoms with Gasteiger partial charge in [-0.2, -0.15) is 0 Å². The topological polar surface area (TPSA) is 73.5 Å². The number of nitrogens with zero attached hydrogens (tertiary/aromatic N) is 1. The first-order valence-corrected chi connectivity index (χ1v) is 9.39. The van der Waals surface area contributed by atoms with Crippen LogP contribution in [0, 0.1) is 5.92 Å². The Morgan fingerprint density at radius 1 is 1.23 bits per heavy atom. The Balaban J connectivity index is 0.00000196. The van der Waals surface area contributed by atoms with Crippen molar-refractivity contribution in [3.05, 3.63) is 24.3 Å². The van der Waals surface area contributed by atoms with Gasteiger partial charge in [0.1, 0.15) is 0 Å². The van der Waals surface area contributed by atoms with Gasteiger partial charge in [-0.15, -0.1) is 12.4 Å². The molecule has 0 aliphatic carbocycles. The van der Waals surface area contributed by atoms with Gasteiger partial charge < -0.3 is 16.0 Å². The minimum Gasteiger partial charge on any atom is -0.338 e. The molecule has 3 fully saturated rings. The number of nitrogens with one attached hydrogen (secondary N) is 3. The van der Waals surface area contributed by atoms with E-state index in [4.69, 9.17) is 0 Å². The molecule has 6 nitrogen and oxygen atoms in total. The highest BCUT2D eigenvalue weighted by Crippen LogP contribution is 2.33. The maximum Gasteiger partial charge on any atom is 0.321 e. The van der Waals surface area contributed by atoms with Crippen LogP contribution in [-0.2, 0) is 4.79 Å². The standard InChI is InChI=1S/C19H26N4O2.ClH/c24-18(11-13-9-15-5-6-16(10-13)21-15)22-14-3-1-4-17(12-14)23-8-2-7-20-19(23)25;/h1,3-4,12-13,15-16,21H,2,5-11H2,(H,20,25)(H,22,24);1H. The highest BCUT2D eigenvalue weighted by Gasteiger charge is 2.34. The molecule has 2 bridgehead atoms.